The Hall–Kier alpha value is -7.04. The summed E-state index contributed by atoms with van der Waals surface area (Å²) < 4.78 is 15.9. The molecule has 4 nitrogen and oxygen atoms in total. The molecule has 242 valence electrons. The summed E-state index contributed by atoms with van der Waals surface area (Å²) in [5.41, 5.74) is 10.2. The minimum absolute atomic E-state index is 0.838. The number of hydrogen-bond acceptors (Lipinski definition) is 3. The van der Waals surface area contributed by atoms with E-state index in [1.807, 2.05) is 12.1 Å². The lowest BCUT2D eigenvalue weighted by atomic mass is 9.93. The van der Waals surface area contributed by atoms with Crippen molar-refractivity contribution < 1.29 is 8.83 Å². The number of furan rings is 2. The van der Waals surface area contributed by atoms with E-state index in [0.717, 1.165) is 83.0 Å². The van der Waals surface area contributed by atoms with Crippen molar-refractivity contribution >= 4 is 104 Å². The molecule has 12 aromatic rings. The zero-order valence-corrected chi connectivity index (χ0v) is 27.9. The highest BCUT2D eigenvalue weighted by Gasteiger charge is 2.25. The van der Waals surface area contributed by atoms with Gasteiger partial charge in [-0.3, -0.25) is 0 Å². The number of anilines is 3. The Bertz CT molecular complexity index is 3290. The molecule has 0 unspecified atom stereocenters. The van der Waals surface area contributed by atoms with Gasteiger partial charge in [0.05, 0.1) is 16.4 Å². The molecule has 12 rings (SSSR count). The number of nitrogens with zero attached hydrogens (tertiary/aromatic N) is 2. The van der Waals surface area contributed by atoms with Gasteiger partial charge < -0.3 is 18.3 Å². The van der Waals surface area contributed by atoms with E-state index in [1.165, 1.54) is 26.9 Å². The van der Waals surface area contributed by atoms with E-state index in [2.05, 4.69) is 167 Å². The fourth-order valence-electron chi connectivity index (χ4n) is 8.80. The molecule has 0 aliphatic rings. The molecular formula is C48H28N2O2. The first kappa shape index (κ1) is 27.7. The smallest absolute Gasteiger partial charge is 0.147 e. The Kier molecular flexibility index (Phi) is 5.47. The zero-order chi connectivity index (χ0) is 33.9. The molecule has 0 saturated carbocycles. The third-order valence-electron chi connectivity index (χ3n) is 10.9. The molecule has 4 heteroatoms. The Balaban J connectivity index is 1.20. The van der Waals surface area contributed by atoms with Gasteiger partial charge in [0.2, 0.25) is 0 Å². The molecule has 0 N–H and O–H groups in total. The van der Waals surface area contributed by atoms with E-state index in [9.17, 15) is 0 Å². The van der Waals surface area contributed by atoms with Crippen molar-refractivity contribution in [2.75, 3.05) is 4.90 Å². The van der Waals surface area contributed by atoms with Crippen molar-refractivity contribution in [2.45, 2.75) is 0 Å². The van der Waals surface area contributed by atoms with Crippen LogP contribution in [0.2, 0.25) is 0 Å². The van der Waals surface area contributed by atoms with Crippen LogP contribution in [0, 0.1) is 0 Å². The summed E-state index contributed by atoms with van der Waals surface area (Å²) in [4.78, 5) is 2.30. The Morgan fingerprint density at radius 3 is 1.71 bits per heavy atom. The summed E-state index contributed by atoms with van der Waals surface area (Å²) in [5.74, 6) is 0. The van der Waals surface area contributed by atoms with Gasteiger partial charge in [-0.1, -0.05) is 91.0 Å². The van der Waals surface area contributed by atoms with Crippen molar-refractivity contribution in [1.82, 2.24) is 4.57 Å². The Morgan fingerprint density at radius 2 is 0.962 bits per heavy atom. The largest absolute Gasteiger partial charge is 0.456 e. The summed E-state index contributed by atoms with van der Waals surface area (Å²) >= 11 is 0. The van der Waals surface area contributed by atoms with Gasteiger partial charge in [-0.05, 0) is 100 Å². The maximum atomic E-state index is 6.94. The van der Waals surface area contributed by atoms with E-state index in [-0.39, 0.29) is 0 Å². The molecular weight excluding hydrogens is 637 g/mol. The Morgan fingerprint density at radius 1 is 0.346 bits per heavy atom. The van der Waals surface area contributed by atoms with Gasteiger partial charge in [0.1, 0.15) is 22.3 Å². The number of benzene rings is 8. The van der Waals surface area contributed by atoms with Gasteiger partial charge in [-0.15, -0.1) is 0 Å². The van der Waals surface area contributed by atoms with Crippen LogP contribution in [-0.4, -0.2) is 4.57 Å². The lowest BCUT2D eigenvalue weighted by Crippen LogP contribution is -2.09. The maximum Gasteiger partial charge on any atom is 0.147 e. The number of para-hydroxylation sites is 3. The van der Waals surface area contributed by atoms with Crippen molar-refractivity contribution in [1.29, 1.82) is 0 Å². The van der Waals surface area contributed by atoms with Crippen LogP contribution in [0.4, 0.5) is 17.1 Å². The standard InChI is InChI=1S/C48H28N2O2/c1-3-12-29(13-4-1)49(30-14-5-2-6-15-30)31-22-24-32(25-23-31)50-38-20-11-19-35-33-16-7-8-17-34(33)37-28-42-44(36-18-9-10-21-40(36)51-42)48-45(37)47-41(52-48)27-26-39(50)46(47)43(35)38/h1-28H. The first-order valence-electron chi connectivity index (χ1n) is 17.7. The number of hydrogen-bond donors (Lipinski definition) is 0. The van der Waals surface area contributed by atoms with Gasteiger partial charge in [0.25, 0.3) is 0 Å². The second kappa shape index (κ2) is 10.3. The molecule has 3 aromatic heterocycles. The topological polar surface area (TPSA) is 34.5 Å². The fraction of sp³-hybridized carbons (Fsp3) is 0. The average molecular weight is 665 g/mol. The van der Waals surface area contributed by atoms with Crippen LogP contribution in [0.1, 0.15) is 0 Å². The number of aromatic nitrogens is 1. The molecule has 0 bridgehead atoms. The Labute approximate surface area is 297 Å². The van der Waals surface area contributed by atoms with Gasteiger partial charge in [-0.25, -0.2) is 0 Å². The van der Waals surface area contributed by atoms with E-state index in [0.29, 0.717) is 0 Å². The highest BCUT2D eigenvalue weighted by molar-refractivity contribution is 6.41. The lowest BCUT2D eigenvalue weighted by molar-refractivity contribution is 0.663. The molecule has 0 aliphatic carbocycles. The van der Waals surface area contributed by atoms with Gasteiger partial charge in [-0.2, -0.15) is 0 Å². The van der Waals surface area contributed by atoms with Gasteiger partial charge >= 0.3 is 0 Å². The molecule has 0 aliphatic heterocycles. The normalized spacial score (nSPS) is 12.2. The van der Waals surface area contributed by atoms with Gasteiger partial charge in [0.15, 0.2) is 0 Å². The fourth-order valence-corrected chi connectivity index (χ4v) is 8.80. The van der Waals surface area contributed by atoms with Crippen LogP contribution < -0.4 is 4.90 Å². The summed E-state index contributed by atoms with van der Waals surface area (Å²) in [5, 5.41) is 11.5. The highest BCUT2D eigenvalue weighted by Crippen LogP contribution is 2.50. The molecule has 0 atom stereocenters. The predicted octanol–water partition coefficient (Wildman–Crippen LogP) is 13.8. The molecule has 52 heavy (non-hydrogen) atoms. The van der Waals surface area contributed by atoms with Crippen LogP contribution in [0.3, 0.4) is 0 Å². The van der Waals surface area contributed by atoms with Crippen LogP contribution >= 0.6 is 0 Å². The van der Waals surface area contributed by atoms with Crippen LogP contribution in [0.25, 0.3) is 92.9 Å². The van der Waals surface area contributed by atoms with Crippen molar-refractivity contribution in [3.63, 3.8) is 0 Å². The van der Waals surface area contributed by atoms with E-state index in [1.54, 1.807) is 0 Å². The molecule has 0 spiro atoms. The lowest BCUT2D eigenvalue weighted by Gasteiger charge is -2.25. The van der Waals surface area contributed by atoms with E-state index < -0.39 is 0 Å². The minimum atomic E-state index is 0.838. The predicted molar refractivity (Wildman–Crippen MR) is 216 cm³/mol. The molecule has 3 heterocycles. The third-order valence-corrected chi connectivity index (χ3v) is 10.9. The summed E-state index contributed by atoms with van der Waals surface area (Å²) in [6.07, 6.45) is 0. The number of rotatable bonds is 4. The first-order chi connectivity index (χ1) is 25.8. The highest BCUT2D eigenvalue weighted by atomic mass is 16.3. The molecule has 0 amide bonds. The third kappa shape index (κ3) is 3.65. The second-order valence-corrected chi connectivity index (χ2v) is 13.6. The van der Waals surface area contributed by atoms with Crippen molar-refractivity contribution in [3.05, 3.63) is 170 Å². The monoisotopic (exact) mass is 664 g/mol. The summed E-state index contributed by atoms with van der Waals surface area (Å²) in [7, 11) is 0. The van der Waals surface area contributed by atoms with E-state index >= 15 is 0 Å². The molecule has 9 aromatic carbocycles. The molecule has 0 saturated heterocycles. The average Bonchev–Trinajstić information content (AvgIpc) is 3.88. The minimum Gasteiger partial charge on any atom is -0.456 e. The van der Waals surface area contributed by atoms with Gasteiger partial charge in [0, 0.05) is 49.7 Å². The molecule has 0 radical (unpaired) electrons. The van der Waals surface area contributed by atoms with Crippen molar-refractivity contribution in [3.8, 4) is 5.69 Å². The molecule has 0 fully saturated rings. The first-order valence-corrected chi connectivity index (χ1v) is 17.7. The van der Waals surface area contributed by atoms with Crippen molar-refractivity contribution in [2.24, 2.45) is 0 Å². The van der Waals surface area contributed by atoms with Crippen LogP contribution in [-0.2, 0) is 0 Å². The van der Waals surface area contributed by atoms with Crippen LogP contribution in [0.15, 0.2) is 179 Å². The second-order valence-electron chi connectivity index (χ2n) is 13.6. The summed E-state index contributed by atoms with van der Waals surface area (Å²) in [6.45, 7) is 0. The summed E-state index contributed by atoms with van der Waals surface area (Å²) in [6, 6.07) is 60.4. The van der Waals surface area contributed by atoms with E-state index in [4.69, 9.17) is 8.83 Å². The zero-order valence-electron chi connectivity index (χ0n) is 27.9. The number of fused-ring (bicyclic) bond motifs is 7. The maximum absolute atomic E-state index is 6.94. The SMILES string of the molecule is c1ccc(N(c2ccccc2)c2ccc(-n3c4cccc5c6ccccc6c6cc7oc8ccccc8c7c7oc8ccc3c(c8c67)c54)cc2)cc1. The van der Waals surface area contributed by atoms with Crippen LogP contribution in [0.5, 0.6) is 0 Å². The quantitative estimate of drug-likeness (QED) is 0.188.